The number of benzene rings is 3. The van der Waals surface area contributed by atoms with Crippen molar-refractivity contribution >= 4 is 34.0 Å². The molecule has 0 atom stereocenters. The van der Waals surface area contributed by atoms with Gasteiger partial charge in [-0.1, -0.05) is 36.4 Å². The van der Waals surface area contributed by atoms with Gasteiger partial charge in [0.15, 0.2) is 5.76 Å². The largest absolute Gasteiger partial charge is 0.507 e. The number of hydrazone groups is 1. The van der Waals surface area contributed by atoms with Crippen molar-refractivity contribution < 1.29 is 19.1 Å². The minimum atomic E-state index is -0.509. The smallest absolute Gasteiger partial charge is 0.291 e. The number of carbonyl (C=O) groups excluding carboxylic acids is 2. The summed E-state index contributed by atoms with van der Waals surface area (Å²) in [4.78, 5) is 24.5. The predicted molar refractivity (Wildman–Crippen MR) is 118 cm³/mol. The number of nitrogens with one attached hydrogen (secondary N) is 2. The van der Waals surface area contributed by atoms with E-state index in [1.54, 1.807) is 55.5 Å². The number of phenolic OH excluding ortho intramolecular Hbond substituents is 1. The number of anilines is 1. The fraction of sp³-hybridized carbons (Fsp3) is 0.0417. The standard InChI is InChI=1S/C24H19N3O4/c1-15(16-8-10-19(11-9-16)25-24(30)22-7-4-12-31-22)26-27-23(29)20-13-17-5-2-3-6-18(17)14-21(20)28/h2-14,28H,1H3,(H,25,30)(H,27,29)/b26-15+. The molecule has 0 fully saturated rings. The molecule has 7 nitrogen and oxygen atoms in total. The van der Waals surface area contributed by atoms with Gasteiger partial charge in [0, 0.05) is 5.69 Å². The van der Waals surface area contributed by atoms with Crippen molar-refractivity contribution in [2.75, 3.05) is 5.32 Å². The van der Waals surface area contributed by atoms with Gasteiger partial charge in [0.25, 0.3) is 11.8 Å². The highest BCUT2D eigenvalue weighted by Gasteiger charge is 2.12. The van der Waals surface area contributed by atoms with Gasteiger partial charge in [-0.3, -0.25) is 9.59 Å². The lowest BCUT2D eigenvalue weighted by molar-refractivity contribution is 0.0951. The monoisotopic (exact) mass is 413 g/mol. The molecule has 2 amide bonds. The number of carbonyl (C=O) groups is 2. The minimum Gasteiger partial charge on any atom is -0.507 e. The van der Waals surface area contributed by atoms with Crippen LogP contribution in [0.4, 0.5) is 5.69 Å². The molecule has 0 radical (unpaired) electrons. The molecule has 0 saturated heterocycles. The van der Waals surface area contributed by atoms with Crippen LogP contribution in [0.15, 0.2) is 88.6 Å². The number of hydrogen-bond acceptors (Lipinski definition) is 5. The molecule has 7 heteroatoms. The summed E-state index contributed by atoms with van der Waals surface area (Å²) in [6.45, 7) is 1.75. The Hall–Kier alpha value is -4.39. The second-order valence-corrected chi connectivity index (χ2v) is 6.86. The fourth-order valence-corrected chi connectivity index (χ4v) is 3.06. The fourth-order valence-electron chi connectivity index (χ4n) is 3.06. The zero-order valence-corrected chi connectivity index (χ0v) is 16.6. The molecule has 4 aromatic rings. The van der Waals surface area contributed by atoms with Crippen molar-refractivity contribution in [2.45, 2.75) is 6.92 Å². The first-order valence-electron chi connectivity index (χ1n) is 9.53. The van der Waals surface area contributed by atoms with Gasteiger partial charge in [0.05, 0.1) is 17.5 Å². The normalized spacial score (nSPS) is 11.3. The third kappa shape index (κ3) is 4.45. The van der Waals surface area contributed by atoms with E-state index in [0.29, 0.717) is 11.4 Å². The van der Waals surface area contributed by atoms with Crippen LogP contribution in [-0.4, -0.2) is 22.6 Å². The van der Waals surface area contributed by atoms with Gasteiger partial charge < -0.3 is 14.8 Å². The van der Waals surface area contributed by atoms with E-state index >= 15 is 0 Å². The molecule has 0 aliphatic rings. The van der Waals surface area contributed by atoms with Crippen LogP contribution >= 0.6 is 0 Å². The Morgan fingerprint density at radius 3 is 2.29 bits per heavy atom. The van der Waals surface area contributed by atoms with Crippen LogP contribution in [0, 0.1) is 0 Å². The summed E-state index contributed by atoms with van der Waals surface area (Å²) in [6.07, 6.45) is 1.43. The third-order valence-corrected chi connectivity index (χ3v) is 4.74. The van der Waals surface area contributed by atoms with E-state index in [0.717, 1.165) is 16.3 Å². The van der Waals surface area contributed by atoms with Crippen molar-refractivity contribution in [3.05, 3.63) is 95.9 Å². The molecule has 3 N–H and O–H groups in total. The molecule has 0 unspecified atom stereocenters. The van der Waals surface area contributed by atoms with Gasteiger partial charge in [-0.2, -0.15) is 5.10 Å². The van der Waals surface area contributed by atoms with Crippen LogP contribution in [0.25, 0.3) is 10.8 Å². The van der Waals surface area contributed by atoms with Crippen LogP contribution in [0.2, 0.25) is 0 Å². The summed E-state index contributed by atoms with van der Waals surface area (Å²) in [5.74, 6) is -0.738. The molecular weight excluding hydrogens is 394 g/mol. The predicted octanol–water partition coefficient (Wildman–Crippen LogP) is 4.54. The highest BCUT2D eigenvalue weighted by atomic mass is 16.3. The first kappa shape index (κ1) is 19.9. The third-order valence-electron chi connectivity index (χ3n) is 4.74. The average Bonchev–Trinajstić information content (AvgIpc) is 3.32. The molecule has 154 valence electrons. The van der Waals surface area contributed by atoms with Crippen molar-refractivity contribution in [2.24, 2.45) is 5.10 Å². The lowest BCUT2D eigenvalue weighted by Gasteiger charge is -2.08. The molecule has 0 spiro atoms. The Bertz CT molecular complexity index is 1280. The summed E-state index contributed by atoms with van der Waals surface area (Å²) in [5, 5.41) is 18.7. The van der Waals surface area contributed by atoms with E-state index in [9.17, 15) is 14.7 Å². The van der Waals surface area contributed by atoms with Crippen LogP contribution in [0.5, 0.6) is 5.75 Å². The van der Waals surface area contributed by atoms with Crippen LogP contribution < -0.4 is 10.7 Å². The number of aromatic hydroxyl groups is 1. The number of hydrogen-bond donors (Lipinski definition) is 3. The Balaban J connectivity index is 1.44. The van der Waals surface area contributed by atoms with Gasteiger partial charge in [-0.05, 0) is 59.7 Å². The maximum absolute atomic E-state index is 12.5. The second kappa shape index (κ2) is 8.54. The molecule has 1 heterocycles. The quantitative estimate of drug-likeness (QED) is 0.330. The van der Waals surface area contributed by atoms with Crippen molar-refractivity contribution in [1.29, 1.82) is 0 Å². The van der Waals surface area contributed by atoms with Crippen molar-refractivity contribution in [3.63, 3.8) is 0 Å². The highest BCUT2D eigenvalue weighted by Crippen LogP contribution is 2.25. The summed E-state index contributed by atoms with van der Waals surface area (Å²) < 4.78 is 5.06. The van der Waals surface area contributed by atoms with Gasteiger partial charge in [0.2, 0.25) is 0 Å². The number of furan rings is 1. The van der Waals surface area contributed by atoms with Crippen molar-refractivity contribution in [1.82, 2.24) is 5.43 Å². The van der Waals surface area contributed by atoms with Gasteiger partial charge in [-0.15, -0.1) is 0 Å². The Morgan fingerprint density at radius 1 is 0.903 bits per heavy atom. The maximum Gasteiger partial charge on any atom is 0.291 e. The Morgan fingerprint density at radius 2 is 1.61 bits per heavy atom. The molecule has 31 heavy (non-hydrogen) atoms. The van der Waals surface area contributed by atoms with E-state index in [4.69, 9.17) is 4.42 Å². The van der Waals surface area contributed by atoms with Gasteiger partial charge in [0.1, 0.15) is 5.75 Å². The van der Waals surface area contributed by atoms with Gasteiger partial charge in [-0.25, -0.2) is 5.43 Å². The van der Waals surface area contributed by atoms with Crippen molar-refractivity contribution in [3.8, 4) is 5.75 Å². The summed E-state index contributed by atoms with van der Waals surface area (Å²) in [6, 6.07) is 20.9. The molecular formula is C24H19N3O4. The highest BCUT2D eigenvalue weighted by molar-refractivity contribution is 6.05. The second-order valence-electron chi connectivity index (χ2n) is 6.86. The lowest BCUT2D eigenvalue weighted by Crippen LogP contribution is -2.19. The zero-order chi connectivity index (χ0) is 21.8. The SMILES string of the molecule is C/C(=N\NC(=O)c1cc2ccccc2cc1O)c1ccc(NC(=O)c2ccco2)cc1. The van der Waals surface area contributed by atoms with E-state index in [2.05, 4.69) is 15.8 Å². The number of phenols is 1. The van der Waals surface area contributed by atoms with E-state index in [1.165, 1.54) is 6.26 Å². The van der Waals surface area contributed by atoms with Crippen LogP contribution in [0.1, 0.15) is 33.4 Å². The lowest BCUT2D eigenvalue weighted by atomic mass is 10.1. The van der Waals surface area contributed by atoms with E-state index < -0.39 is 5.91 Å². The number of rotatable bonds is 5. The number of nitrogens with zero attached hydrogens (tertiary/aromatic N) is 1. The van der Waals surface area contributed by atoms with Crippen LogP contribution in [-0.2, 0) is 0 Å². The molecule has 0 aliphatic carbocycles. The summed E-state index contributed by atoms with van der Waals surface area (Å²) in [7, 11) is 0. The maximum atomic E-state index is 12.5. The molecule has 1 aromatic heterocycles. The molecule has 4 rings (SSSR count). The summed E-state index contributed by atoms with van der Waals surface area (Å²) >= 11 is 0. The van der Waals surface area contributed by atoms with Gasteiger partial charge >= 0.3 is 0 Å². The Kier molecular flexibility index (Phi) is 5.49. The molecule has 0 saturated carbocycles. The molecule has 3 aromatic carbocycles. The zero-order valence-electron chi connectivity index (χ0n) is 16.6. The topological polar surface area (TPSA) is 104 Å². The first-order valence-corrected chi connectivity index (χ1v) is 9.53. The molecule has 0 aliphatic heterocycles. The molecule has 0 bridgehead atoms. The van der Waals surface area contributed by atoms with Crippen LogP contribution in [0.3, 0.4) is 0 Å². The van der Waals surface area contributed by atoms with E-state index in [-0.39, 0.29) is 23.0 Å². The number of amides is 2. The Labute approximate surface area is 178 Å². The summed E-state index contributed by atoms with van der Waals surface area (Å²) in [5.41, 5.74) is 4.55. The minimum absolute atomic E-state index is 0.110. The van der Waals surface area contributed by atoms with E-state index in [1.807, 2.05) is 24.3 Å². The first-order chi connectivity index (χ1) is 15.0. The average molecular weight is 413 g/mol. The number of fused-ring (bicyclic) bond motifs is 1.